The van der Waals surface area contributed by atoms with Crippen molar-refractivity contribution in [3.05, 3.63) is 12.2 Å². The highest BCUT2D eigenvalue weighted by Crippen LogP contribution is 2.36. The highest BCUT2D eigenvalue weighted by molar-refractivity contribution is 5.12. The van der Waals surface area contributed by atoms with Crippen LogP contribution < -0.4 is 0 Å². The van der Waals surface area contributed by atoms with E-state index >= 15 is 0 Å². The molecule has 1 heterocycles. The maximum Gasteiger partial charge on any atom is 0.266 e. The van der Waals surface area contributed by atoms with E-state index in [1.54, 1.807) is 0 Å². The summed E-state index contributed by atoms with van der Waals surface area (Å²) in [7, 11) is 0. The van der Waals surface area contributed by atoms with E-state index < -0.39 is 11.5 Å². The predicted molar refractivity (Wildman–Crippen MR) is 42.6 cm³/mol. The lowest BCUT2D eigenvalue weighted by Gasteiger charge is -2.30. The lowest BCUT2D eigenvalue weighted by molar-refractivity contribution is -0.0174. The largest absolute Gasteiger partial charge is 0.386 e. The van der Waals surface area contributed by atoms with Crippen molar-refractivity contribution in [2.45, 2.75) is 36.9 Å². The van der Waals surface area contributed by atoms with Crippen molar-refractivity contribution in [2.24, 2.45) is 0 Å². The highest BCUT2D eigenvalue weighted by Gasteiger charge is 2.41. The van der Waals surface area contributed by atoms with Crippen molar-refractivity contribution < 1.29 is 18.6 Å². The first-order chi connectivity index (χ1) is 5.99. The Kier molecular flexibility index (Phi) is 1.92. The first-order valence-electron chi connectivity index (χ1n) is 4.41. The molecule has 2 rings (SSSR count). The van der Waals surface area contributed by atoms with Crippen LogP contribution in [0.15, 0.2) is 12.2 Å². The van der Waals surface area contributed by atoms with E-state index in [1.807, 2.05) is 0 Å². The minimum Gasteiger partial charge on any atom is -0.386 e. The van der Waals surface area contributed by atoms with E-state index in [0.717, 1.165) is 6.08 Å². The number of hydrogen-bond donors (Lipinski definition) is 1. The van der Waals surface area contributed by atoms with Crippen LogP contribution in [0.25, 0.3) is 0 Å². The molecule has 4 heteroatoms. The second-order valence-corrected chi connectivity index (χ2v) is 3.86. The van der Waals surface area contributed by atoms with Gasteiger partial charge in [-0.1, -0.05) is 6.08 Å². The molecule has 13 heavy (non-hydrogen) atoms. The quantitative estimate of drug-likeness (QED) is 0.528. The highest BCUT2D eigenvalue weighted by atomic mass is 19.3. The van der Waals surface area contributed by atoms with Gasteiger partial charge in [-0.15, -0.1) is 0 Å². The molecule has 2 nitrogen and oxygen atoms in total. The number of epoxide rings is 1. The van der Waals surface area contributed by atoms with Gasteiger partial charge in [-0.05, 0) is 12.5 Å². The maximum atomic E-state index is 12.7. The molecule has 0 aromatic carbocycles. The van der Waals surface area contributed by atoms with Gasteiger partial charge in [0, 0.05) is 12.8 Å². The molecule has 0 amide bonds. The molecule has 1 aliphatic heterocycles. The lowest BCUT2D eigenvalue weighted by Crippen LogP contribution is -2.35. The second-order valence-electron chi connectivity index (χ2n) is 3.86. The van der Waals surface area contributed by atoms with Crippen molar-refractivity contribution >= 4 is 0 Å². The molecule has 74 valence electrons. The molecule has 1 aliphatic carbocycles. The van der Waals surface area contributed by atoms with Crippen molar-refractivity contribution in [2.75, 3.05) is 6.61 Å². The van der Waals surface area contributed by atoms with E-state index in [1.165, 1.54) is 6.08 Å². The standard InChI is InChI=1S/C9H12F2O2/c10-9(11)3-1-8(12,2-4-9)5-7-6-13-7/h1,3,7,12H,2,4-6H2. The van der Waals surface area contributed by atoms with E-state index in [4.69, 9.17) is 4.74 Å². The Bertz CT molecular complexity index is 236. The number of ether oxygens (including phenoxy) is 1. The molecule has 0 bridgehead atoms. The van der Waals surface area contributed by atoms with Crippen LogP contribution in [-0.4, -0.2) is 29.3 Å². The van der Waals surface area contributed by atoms with Crippen LogP contribution in [0.2, 0.25) is 0 Å². The smallest absolute Gasteiger partial charge is 0.266 e. The Balaban J connectivity index is 2.00. The average molecular weight is 190 g/mol. The third-order valence-corrected chi connectivity index (χ3v) is 2.51. The first-order valence-corrected chi connectivity index (χ1v) is 4.41. The molecular weight excluding hydrogens is 178 g/mol. The van der Waals surface area contributed by atoms with Crippen molar-refractivity contribution in [3.8, 4) is 0 Å². The van der Waals surface area contributed by atoms with Gasteiger partial charge in [0.2, 0.25) is 0 Å². The SMILES string of the molecule is OC1(CC2CO2)C=CC(F)(F)CC1. The van der Waals surface area contributed by atoms with E-state index in [2.05, 4.69) is 0 Å². The molecule has 0 aromatic rings. The predicted octanol–water partition coefficient (Wildman–Crippen LogP) is 1.49. The Morgan fingerprint density at radius 1 is 1.38 bits per heavy atom. The zero-order valence-corrected chi connectivity index (χ0v) is 7.17. The molecule has 0 saturated carbocycles. The number of alkyl halides is 2. The number of hydrogen-bond acceptors (Lipinski definition) is 2. The molecule has 0 aromatic heterocycles. The van der Waals surface area contributed by atoms with Crippen LogP contribution in [0.1, 0.15) is 19.3 Å². The van der Waals surface area contributed by atoms with Gasteiger partial charge in [-0.25, -0.2) is 8.78 Å². The van der Waals surface area contributed by atoms with Gasteiger partial charge >= 0.3 is 0 Å². The molecular formula is C9H12F2O2. The molecule has 1 saturated heterocycles. The van der Waals surface area contributed by atoms with Gasteiger partial charge in [0.15, 0.2) is 0 Å². The lowest BCUT2D eigenvalue weighted by atomic mass is 9.86. The van der Waals surface area contributed by atoms with Gasteiger partial charge < -0.3 is 9.84 Å². The zero-order chi connectivity index (χ0) is 9.53. The van der Waals surface area contributed by atoms with E-state index in [0.29, 0.717) is 13.0 Å². The summed E-state index contributed by atoms with van der Waals surface area (Å²) in [6.45, 7) is 0.645. The van der Waals surface area contributed by atoms with Crippen molar-refractivity contribution in [1.29, 1.82) is 0 Å². The zero-order valence-electron chi connectivity index (χ0n) is 7.17. The summed E-state index contributed by atoms with van der Waals surface area (Å²) in [5.74, 6) is -2.74. The number of aliphatic hydroxyl groups is 1. The molecule has 0 spiro atoms. The topological polar surface area (TPSA) is 32.8 Å². The van der Waals surface area contributed by atoms with E-state index in [9.17, 15) is 13.9 Å². The summed E-state index contributed by atoms with van der Waals surface area (Å²) in [5.41, 5.74) is -1.07. The first kappa shape index (κ1) is 9.09. The molecule has 1 N–H and O–H groups in total. The van der Waals surface area contributed by atoms with Crippen molar-refractivity contribution in [1.82, 2.24) is 0 Å². The second kappa shape index (κ2) is 2.75. The van der Waals surface area contributed by atoms with Gasteiger partial charge in [0.1, 0.15) is 0 Å². The summed E-state index contributed by atoms with van der Waals surface area (Å²) in [4.78, 5) is 0. The minimum atomic E-state index is -2.74. The van der Waals surface area contributed by atoms with Crippen LogP contribution in [-0.2, 0) is 4.74 Å². The Morgan fingerprint density at radius 2 is 2.08 bits per heavy atom. The fourth-order valence-corrected chi connectivity index (χ4v) is 1.58. The minimum absolute atomic E-state index is 0.0707. The summed E-state index contributed by atoms with van der Waals surface area (Å²) >= 11 is 0. The van der Waals surface area contributed by atoms with Crippen LogP contribution in [0.4, 0.5) is 8.78 Å². The van der Waals surface area contributed by atoms with Crippen LogP contribution in [0.3, 0.4) is 0 Å². The number of halogens is 2. The molecule has 0 radical (unpaired) electrons. The number of allylic oxidation sites excluding steroid dienone is 1. The molecule has 2 unspecified atom stereocenters. The fraction of sp³-hybridized carbons (Fsp3) is 0.778. The summed E-state index contributed by atoms with van der Waals surface area (Å²) in [5, 5.41) is 9.81. The fourth-order valence-electron chi connectivity index (χ4n) is 1.58. The average Bonchev–Trinajstić information content (AvgIpc) is 2.81. The van der Waals surface area contributed by atoms with Crippen LogP contribution in [0.5, 0.6) is 0 Å². The Hall–Kier alpha value is -0.480. The van der Waals surface area contributed by atoms with Crippen LogP contribution >= 0.6 is 0 Å². The van der Waals surface area contributed by atoms with Crippen molar-refractivity contribution in [3.63, 3.8) is 0 Å². The monoisotopic (exact) mass is 190 g/mol. The van der Waals surface area contributed by atoms with Gasteiger partial charge in [0.25, 0.3) is 5.92 Å². The van der Waals surface area contributed by atoms with Crippen LogP contribution in [0, 0.1) is 0 Å². The molecule has 2 aliphatic rings. The normalized spacial score (nSPS) is 41.9. The Morgan fingerprint density at radius 3 is 2.54 bits per heavy atom. The third-order valence-electron chi connectivity index (χ3n) is 2.51. The molecule has 1 fully saturated rings. The maximum absolute atomic E-state index is 12.7. The van der Waals surface area contributed by atoms with E-state index in [-0.39, 0.29) is 18.9 Å². The van der Waals surface area contributed by atoms with Gasteiger partial charge in [0.05, 0.1) is 18.3 Å². The Labute approximate surface area is 75.2 Å². The third kappa shape index (κ3) is 2.25. The summed E-state index contributed by atoms with van der Waals surface area (Å²) in [6.07, 6.45) is 2.39. The van der Waals surface area contributed by atoms with Gasteiger partial charge in [-0.2, -0.15) is 0 Å². The number of rotatable bonds is 2. The van der Waals surface area contributed by atoms with Gasteiger partial charge in [-0.3, -0.25) is 0 Å². The summed E-state index contributed by atoms with van der Waals surface area (Å²) < 4.78 is 30.3. The molecule has 2 atom stereocenters. The summed E-state index contributed by atoms with van der Waals surface area (Å²) in [6, 6.07) is 0.